The van der Waals surface area contributed by atoms with Gasteiger partial charge in [0.15, 0.2) is 5.82 Å². The van der Waals surface area contributed by atoms with Gasteiger partial charge in [0.25, 0.3) is 0 Å². The Morgan fingerprint density at radius 1 is 1.00 bits per heavy atom. The number of epoxide rings is 1. The van der Waals surface area contributed by atoms with Gasteiger partial charge in [-0.2, -0.15) is 0 Å². The third-order valence-electron chi connectivity index (χ3n) is 4.48. The van der Waals surface area contributed by atoms with E-state index in [4.69, 9.17) is 9.47 Å². The molecule has 2 heterocycles. The Bertz CT molecular complexity index is 621. The minimum absolute atomic E-state index is 0.280. The number of hydrogen-bond donors (Lipinski definition) is 0. The van der Waals surface area contributed by atoms with Crippen LogP contribution in [0.25, 0.3) is 11.4 Å². The summed E-state index contributed by atoms with van der Waals surface area (Å²) < 4.78 is 10.8. The van der Waals surface area contributed by atoms with Crippen molar-refractivity contribution in [3.63, 3.8) is 0 Å². The van der Waals surface area contributed by atoms with E-state index in [0.29, 0.717) is 6.61 Å². The second-order valence-corrected chi connectivity index (χ2v) is 6.72. The van der Waals surface area contributed by atoms with Crippen molar-refractivity contribution in [3.05, 3.63) is 42.2 Å². The third kappa shape index (κ3) is 6.13. The quantitative estimate of drug-likeness (QED) is 0.434. The Hall–Kier alpha value is -1.94. The van der Waals surface area contributed by atoms with E-state index < -0.39 is 0 Å². The lowest BCUT2D eigenvalue weighted by Crippen LogP contribution is -2.03. The molecule has 0 N–H and O–H groups in total. The Morgan fingerprint density at radius 3 is 2.36 bits per heavy atom. The van der Waals surface area contributed by atoms with Gasteiger partial charge in [-0.25, -0.2) is 9.97 Å². The van der Waals surface area contributed by atoms with Crippen molar-refractivity contribution in [2.45, 2.75) is 58.0 Å². The Kier molecular flexibility index (Phi) is 6.80. The molecule has 1 aliphatic rings. The van der Waals surface area contributed by atoms with E-state index in [1.807, 2.05) is 36.7 Å². The maximum atomic E-state index is 5.65. The van der Waals surface area contributed by atoms with Crippen molar-refractivity contribution in [2.24, 2.45) is 0 Å². The molecule has 0 amide bonds. The predicted octanol–water partition coefficient (Wildman–Crippen LogP) is 4.82. The van der Waals surface area contributed by atoms with Crippen LogP contribution in [0.2, 0.25) is 0 Å². The first-order chi connectivity index (χ1) is 12.3. The molecule has 0 saturated carbocycles. The molecule has 1 aromatic carbocycles. The molecule has 1 fully saturated rings. The van der Waals surface area contributed by atoms with Crippen LogP contribution in [0.3, 0.4) is 0 Å². The fraction of sp³-hybridized carbons (Fsp3) is 0.524. The van der Waals surface area contributed by atoms with Gasteiger partial charge in [0.1, 0.15) is 18.5 Å². The molecule has 1 saturated heterocycles. The lowest BCUT2D eigenvalue weighted by Gasteiger charge is -2.06. The van der Waals surface area contributed by atoms with Crippen LogP contribution < -0.4 is 4.74 Å². The maximum Gasteiger partial charge on any atom is 0.159 e. The van der Waals surface area contributed by atoms with E-state index in [-0.39, 0.29) is 6.10 Å². The van der Waals surface area contributed by atoms with Crippen LogP contribution >= 0.6 is 0 Å². The van der Waals surface area contributed by atoms with Crippen LogP contribution in [-0.2, 0) is 11.2 Å². The number of rotatable bonds is 11. The molecular weight excluding hydrogens is 312 g/mol. The summed E-state index contributed by atoms with van der Waals surface area (Å²) in [6, 6.07) is 7.94. The first kappa shape index (κ1) is 17.9. The van der Waals surface area contributed by atoms with Gasteiger partial charge in [-0.3, -0.25) is 0 Å². The van der Waals surface area contributed by atoms with Crippen LogP contribution in [0.5, 0.6) is 5.75 Å². The first-order valence-electron chi connectivity index (χ1n) is 9.51. The summed E-state index contributed by atoms with van der Waals surface area (Å²) >= 11 is 0. The van der Waals surface area contributed by atoms with Crippen molar-refractivity contribution >= 4 is 0 Å². The molecule has 0 bridgehead atoms. The lowest BCUT2D eigenvalue weighted by atomic mass is 10.1. The second kappa shape index (κ2) is 9.52. The highest BCUT2D eigenvalue weighted by molar-refractivity contribution is 5.55. The highest BCUT2D eigenvalue weighted by Gasteiger charge is 2.22. The number of ether oxygens (including phenoxy) is 2. The molecule has 1 atom stereocenters. The third-order valence-corrected chi connectivity index (χ3v) is 4.48. The standard InChI is InChI=1S/C21H28N2O2/c1-2-3-4-5-6-7-8-17-13-22-21(23-14-17)18-9-11-19(12-10-18)24-15-20-16-25-20/h9-14,20H,2-8,15-16H2,1H3/t20-/m0/s1. The smallest absolute Gasteiger partial charge is 0.159 e. The second-order valence-electron chi connectivity index (χ2n) is 6.72. The highest BCUT2D eigenvalue weighted by Crippen LogP contribution is 2.21. The summed E-state index contributed by atoms with van der Waals surface area (Å²) in [7, 11) is 0. The monoisotopic (exact) mass is 340 g/mol. The van der Waals surface area contributed by atoms with E-state index in [1.165, 1.54) is 44.1 Å². The van der Waals surface area contributed by atoms with Gasteiger partial charge in [-0.05, 0) is 42.7 Å². The predicted molar refractivity (Wildman–Crippen MR) is 99.8 cm³/mol. The Labute approximate surface area is 150 Å². The first-order valence-corrected chi connectivity index (χ1v) is 9.51. The van der Waals surface area contributed by atoms with E-state index in [0.717, 1.165) is 30.2 Å². The molecule has 0 unspecified atom stereocenters. The minimum Gasteiger partial charge on any atom is -0.491 e. The fourth-order valence-corrected chi connectivity index (χ4v) is 2.80. The number of benzene rings is 1. The average molecular weight is 340 g/mol. The number of nitrogens with zero attached hydrogens (tertiary/aromatic N) is 2. The van der Waals surface area contributed by atoms with Gasteiger partial charge in [0.2, 0.25) is 0 Å². The van der Waals surface area contributed by atoms with Gasteiger partial charge in [-0.1, -0.05) is 39.0 Å². The summed E-state index contributed by atoms with van der Waals surface area (Å²) in [5, 5.41) is 0. The van der Waals surface area contributed by atoms with Gasteiger partial charge in [0.05, 0.1) is 6.61 Å². The van der Waals surface area contributed by atoms with Gasteiger partial charge >= 0.3 is 0 Å². The number of aromatic nitrogens is 2. The van der Waals surface area contributed by atoms with Gasteiger partial charge in [-0.15, -0.1) is 0 Å². The zero-order valence-corrected chi connectivity index (χ0v) is 15.1. The highest BCUT2D eigenvalue weighted by atomic mass is 16.6. The molecule has 0 aliphatic carbocycles. The van der Waals surface area contributed by atoms with E-state index in [9.17, 15) is 0 Å². The fourth-order valence-electron chi connectivity index (χ4n) is 2.80. The summed E-state index contributed by atoms with van der Waals surface area (Å²) in [6.45, 7) is 3.70. The molecule has 0 radical (unpaired) electrons. The molecule has 2 aromatic rings. The van der Waals surface area contributed by atoms with Gasteiger partial charge in [0, 0.05) is 18.0 Å². The van der Waals surface area contributed by atoms with Gasteiger partial charge < -0.3 is 9.47 Å². The minimum atomic E-state index is 0.280. The van der Waals surface area contributed by atoms with Crippen molar-refractivity contribution in [1.29, 1.82) is 0 Å². The Balaban J connectivity index is 1.44. The Morgan fingerprint density at radius 2 is 1.68 bits per heavy atom. The molecule has 4 heteroatoms. The van der Waals surface area contributed by atoms with Crippen LogP contribution in [0, 0.1) is 0 Å². The number of aryl methyl sites for hydroxylation is 1. The molecular formula is C21H28N2O2. The summed E-state index contributed by atoms with van der Waals surface area (Å²) in [5.74, 6) is 1.63. The van der Waals surface area contributed by atoms with E-state index in [2.05, 4.69) is 16.9 Å². The maximum absolute atomic E-state index is 5.65. The van der Waals surface area contributed by atoms with Crippen molar-refractivity contribution in [3.8, 4) is 17.1 Å². The molecule has 25 heavy (non-hydrogen) atoms. The summed E-state index contributed by atoms with van der Waals surface area (Å²) in [4.78, 5) is 9.04. The largest absolute Gasteiger partial charge is 0.491 e. The number of unbranched alkanes of at least 4 members (excludes halogenated alkanes) is 5. The molecule has 1 aliphatic heterocycles. The van der Waals surface area contributed by atoms with Crippen molar-refractivity contribution in [2.75, 3.05) is 13.2 Å². The van der Waals surface area contributed by atoms with Crippen molar-refractivity contribution < 1.29 is 9.47 Å². The zero-order chi connectivity index (χ0) is 17.3. The average Bonchev–Trinajstić information content (AvgIpc) is 3.48. The van der Waals surface area contributed by atoms with E-state index in [1.54, 1.807) is 0 Å². The molecule has 4 nitrogen and oxygen atoms in total. The molecule has 134 valence electrons. The lowest BCUT2D eigenvalue weighted by molar-refractivity contribution is 0.263. The van der Waals surface area contributed by atoms with Crippen LogP contribution in [0.4, 0.5) is 0 Å². The molecule has 0 spiro atoms. The van der Waals surface area contributed by atoms with Crippen LogP contribution in [0.15, 0.2) is 36.7 Å². The normalized spacial score (nSPS) is 16.0. The zero-order valence-electron chi connectivity index (χ0n) is 15.1. The summed E-state index contributed by atoms with van der Waals surface area (Å²) in [5.41, 5.74) is 2.24. The van der Waals surface area contributed by atoms with E-state index >= 15 is 0 Å². The van der Waals surface area contributed by atoms with Crippen LogP contribution in [-0.4, -0.2) is 29.3 Å². The van der Waals surface area contributed by atoms with Crippen LogP contribution in [0.1, 0.15) is 51.0 Å². The molecule has 1 aromatic heterocycles. The summed E-state index contributed by atoms with van der Waals surface area (Å²) in [6.07, 6.45) is 13.2. The topological polar surface area (TPSA) is 47.5 Å². The SMILES string of the molecule is CCCCCCCCc1cnc(-c2ccc(OC[C@H]3CO3)cc2)nc1. The molecule has 3 rings (SSSR count). The number of hydrogen-bond acceptors (Lipinski definition) is 4. The van der Waals surface area contributed by atoms with Crippen molar-refractivity contribution in [1.82, 2.24) is 9.97 Å².